The molecule has 0 unspecified atom stereocenters. The van der Waals surface area contributed by atoms with E-state index in [4.69, 9.17) is 9.47 Å². The lowest BCUT2D eigenvalue weighted by Gasteiger charge is -2.05. The van der Waals surface area contributed by atoms with Gasteiger partial charge in [0.2, 0.25) is 12.7 Å². The molecule has 3 aromatic rings. The Balaban J connectivity index is 1.31. The molecule has 1 aromatic carbocycles. The molecular formula is C20H19N5O4. The minimum absolute atomic E-state index is 0.152. The molecule has 0 fully saturated rings. The van der Waals surface area contributed by atoms with Gasteiger partial charge in [0.15, 0.2) is 11.5 Å². The number of rotatable bonds is 7. The van der Waals surface area contributed by atoms with Crippen molar-refractivity contribution in [3.05, 3.63) is 75.7 Å². The van der Waals surface area contributed by atoms with Crippen LogP contribution in [0.25, 0.3) is 0 Å². The zero-order valence-electron chi connectivity index (χ0n) is 15.6. The molecule has 4 rings (SSSR count). The van der Waals surface area contributed by atoms with Crippen molar-refractivity contribution in [3.8, 4) is 11.5 Å². The maximum absolute atomic E-state index is 12.3. The highest BCUT2D eigenvalue weighted by Gasteiger charge is 2.14. The molecule has 1 aliphatic rings. The average molecular weight is 393 g/mol. The van der Waals surface area contributed by atoms with Crippen LogP contribution >= 0.6 is 0 Å². The lowest BCUT2D eigenvalue weighted by Crippen LogP contribution is -2.25. The average Bonchev–Trinajstić information content (AvgIpc) is 3.20. The van der Waals surface area contributed by atoms with Crippen LogP contribution in [0.1, 0.15) is 29.1 Å². The lowest BCUT2D eigenvalue weighted by atomic mass is 10.1. The Morgan fingerprint density at radius 3 is 2.86 bits per heavy atom. The van der Waals surface area contributed by atoms with Gasteiger partial charge in [0.1, 0.15) is 11.5 Å². The molecule has 2 aromatic heterocycles. The van der Waals surface area contributed by atoms with E-state index in [-0.39, 0.29) is 36.8 Å². The van der Waals surface area contributed by atoms with Crippen LogP contribution in [0.15, 0.2) is 47.5 Å². The van der Waals surface area contributed by atoms with Crippen LogP contribution < -0.4 is 20.3 Å². The summed E-state index contributed by atoms with van der Waals surface area (Å²) in [6, 6.07) is 9.24. The van der Waals surface area contributed by atoms with E-state index >= 15 is 0 Å². The third kappa shape index (κ3) is 4.75. The van der Waals surface area contributed by atoms with Gasteiger partial charge in [0.25, 0.3) is 5.56 Å². The second-order valence-corrected chi connectivity index (χ2v) is 6.55. The van der Waals surface area contributed by atoms with E-state index in [1.54, 1.807) is 12.4 Å². The Labute approximate surface area is 166 Å². The molecule has 0 saturated carbocycles. The standard InChI is InChI=1S/C20H19N5O4/c26-19(22-11-14-2-1-7-21-10-14)6-4-15-20(27)23-18(25-24-15)9-13-3-5-16-17(8-13)29-12-28-16/h1-3,5,7-8,10H,4,6,9,11-12H2,(H,22,26)(H,23,25,27). The first-order valence-corrected chi connectivity index (χ1v) is 9.16. The summed E-state index contributed by atoms with van der Waals surface area (Å²) in [6.07, 6.45) is 4.14. The number of aryl methyl sites for hydroxylation is 1. The molecule has 3 heterocycles. The van der Waals surface area contributed by atoms with Crippen LogP contribution in [-0.2, 0) is 24.2 Å². The predicted molar refractivity (Wildman–Crippen MR) is 102 cm³/mol. The van der Waals surface area contributed by atoms with E-state index in [1.807, 2.05) is 30.3 Å². The van der Waals surface area contributed by atoms with Crippen molar-refractivity contribution in [2.75, 3.05) is 6.79 Å². The summed E-state index contributed by atoms with van der Waals surface area (Å²) in [5.41, 5.74) is 1.72. The van der Waals surface area contributed by atoms with Gasteiger partial charge in [-0.1, -0.05) is 12.1 Å². The molecule has 0 aliphatic carbocycles. The Hall–Kier alpha value is -3.75. The van der Waals surface area contributed by atoms with E-state index in [0.717, 1.165) is 11.1 Å². The van der Waals surface area contributed by atoms with Crippen LogP contribution in [0.3, 0.4) is 0 Å². The van der Waals surface area contributed by atoms with Gasteiger partial charge in [-0.2, -0.15) is 0 Å². The zero-order chi connectivity index (χ0) is 20.1. The van der Waals surface area contributed by atoms with Crippen molar-refractivity contribution in [1.82, 2.24) is 25.5 Å². The summed E-state index contributed by atoms with van der Waals surface area (Å²) >= 11 is 0. The number of aromatic amines is 1. The van der Waals surface area contributed by atoms with Gasteiger partial charge < -0.3 is 19.8 Å². The summed E-state index contributed by atoms with van der Waals surface area (Å²) in [4.78, 5) is 31.0. The van der Waals surface area contributed by atoms with Crippen LogP contribution in [0.2, 0.25) is 0 Å². The van der Waals surface area contributed by atoms with Gasteiger partial charge in [-0.3, -0.25) is 14.6 Å². The molecule has 2 N–H and O–H groups in total. The molecule has 9 nitrogen and oxygen atoms in total. The Bertz CT molecular complexity index is 1070. The fourth-order valence-corrected chi connectivity index (χ4v) is 2.91. The van der Waals surface area contributed by atoms with Crippen molar-refractivity contribution in [1.29, 1.82) is 0 Å². The number of aromatic nitrogens is 4. The van der Waals surface area contributed by atoms with Crippen molar-refractivity contribution < 1.29 is 14.3 Å². The normalized spacial score (nSPS) is 12.0. The van der Waals surface area contributed by atoms with Crippen LogP contribution in [0.4, 0.5) is 0 Å². The summed E-state index contributed by atoms with van der Waals surface area (Å²) in [7, 11) is 0. The number of carbonyl (C=O) groups excluding carboxylic acids is 1. The smallest absolute Gasteiger partial charge is 0.272 e. The minimum Gasteiger partial charge on any atom is -0.454 e. The highest BCUT2D eigenvalue weighted by molar-refractivity contribution is 5.76. The molecule has 0 bridgehead atoms. The third-order valence-corrected chi connectivity index (χ3v) is 4.42. The number of nitrogens with one attached hydrogen (secondary N) is 2. The predicted octanol–water partition coefficient (Wildman–Crippen LogP) is 1.13. The number of fused-ring (bicyclic) bond motifs is 1. The number of amides is 1. The van der Waals surface area contributed by atoms with Crippen molar-refractivity contribution in [2.45, 2.75) is 25.8 Å². The van der Waals surface area contributed by atoms with Crippen LogP contribution in [-0.4, -0.2) is 32.9 Å². The number of ether oxygens (including phenoxy) is 2. The molecule has 0 spiro atoms. The Morgan fingerprint density at radius 2 is 2.03 bits per heavy atom. The number of carbonyl (C=O) groups is 1. The van der Waals surface area contributed by atoms with Gasteiger partial charge in [0, 0.05) is 38.2 Å². The molecule has 0 radical (unpaired) electrons. The molecule has 1 amide bonds. The molecule has 9 heteroatoms. The fraction of sp³-hybridized carbons (Fsp3) is 0.250. The first kappa shape index (κ1) is 18.6. The third-order valence-electron chi connectivity index (χ3n) is 4.42. The minimum atomic E-state index is -0.337. The largest absolute Gasteiger partial charge is 0.454 e. The maximum Gasteiger partial charge on any atom is 0.272 e. The quantitative estimate of drug-likeness (QED) is 0.617. The second-order valence-electron chi connectivity index (χ2n) is 6.55. The highest BCUT2D eigenvalue weighted by Crippen LogP contribution is 2.32. The van der Waals surface area contributed by atoms with E-state index in [2.05, 4.69) is 25.5 Å². The van der Waals surface area contributed by atoms with E-state index in [1.165, 1.54) is 0 Å². The monoisotopic (exact) mass is 393 g/mol. The zero-order valence-corrected chi connectivity index (χ0v) is 15.6. The molecular weight excluding hydrogens is 374 g/mol. The Kier molecular flexibility index (Phi) is 5.46. The maximum atomic E-state index is 12.3. The van der Waals surface area contributed by atoms with E-state index in [0.29, 0.717) is 30.3 Å². The van der Waals surface area contributed by atoms with Crippen LogP contribution in [0.5, 0.6) is 11.5 Å². The van der Waals surface area contributed by atoms with Crippen molar-refractivity contribution in [3.63, 3.8) is 0 Å². The first-order chi connectivity index (χ1) is 14.2. The fourth-order valence-electron chi connectivity index (χ4n) is 2.91. The summed E-state index contributed by atoms with van der Waals surface area (Å²) in [5.74, 6) is 1.65. The molecule has 29 heavy (non-hydrogen) atoms. The van der Waals surface area contributed by atoms with Crippen molar-refractivity contribution in [2.24, 2.45) is 0 Å². The Morgan fingerprint density at radius 1 is 1.14 bits per heavy atom. The van der Waals surface area contributed by atoms with Gasteiger partial charge >= 0.3 is 0 Å². The van der Waals surface area contributed by atoms with Gasteiger partial charge in [-0.05, 0) is 29.3 Å². The highest BCUT2D eigenvalue weighted by atomic mass is 16.7. The van der Waals surface area contributed by atoms with Crippen molar-refractivity contribution >= 4 is 5.91 Å². The topological polar surface area (TPSA) is 119 Å². The van der Waals surface area contributed by atoms with Gasteiger partial charge in [0.05, 0.1) is 0 Å². The van der Waals surface area contributed by atoms with Gasteiger partial charge in [-0.25, -0.2) is 0 Å². The number of hydrogen-bond acceptors (Lipinski definition) is 7. The second kappa shape index (κ2) is 8.51. The summed E-state index contributed by atoms with van der Waals surface area (Å²) in [5, 5.41) is 10.9. The number of pyridine rings is 1. The number of H-pyrrole nitrogens is 1. The first-order valence-electron chi connectivity index (χ1n) is 9.16. The molecule has 0 atom stereocenters. The number of nitrogens with zero attached hydrogens (tertiary/aromatic N) is 3. The summed E-state index contributed by atoms with van der Waals surface area (Å²) in [6.45, 7) is 0.600. The van der Waals surface area contributed by atoms with Crippen LogP contribution in [0, 0.1) is 0 Å². The SMILES string of the molecule is O=C(CCc1nnc(Cc2ccc3c(c2)OCO3)[nH]c1=O)NCc1cccnc1. The number of hydrogen-bond donors (Lipinski definition) is 2. The molecule has 148 valence electrons. The molecule has 1 aliphatic heterocycles. The molecule has 0 saturated heterocycles. The van der Waals surface area contributed by atoms with E-state index < -0.39 is 0 Å². The lowest BCUT2D eigenvalue weighted by molar-refractivity contribution is -0.121. The van der Waals surface area contributed by atoms with E-state index in [9.17, 15) is 9.59 Å². The summed E-state index contributed by atoms with van der Waals surface area (Å²) < 4.78 is 10.6. The van der Waals surface area contributed by atoms with Gasteiger partial charge in [-0.15, -0.1) is 10.2 Å². The number of benzene rings is 1.